The second-order valence-electron chi connectivity index (χ2n) is 3.92. The molecule has 3 aliphatic heterocycles. The first-order chi connectivity index (χ1) is 3.97. The zero-order valence-corrected chi connectivity index (χ0v) is 4.67. The number of hydrogen-bond acceptors (Lipinski definition) is 1. The van der Waals surface area contributed by atoms with E-state index >= 15 is 0 Å². The standard InChI is InChI=1S/C7H9N/c1-2-4-6-5(7(4)6)3(1)8-2/h2-8H,1H2. The third-order valence-electron chi connectivity index (χ3n) is 3.81. The normalized spacial score (nSPS) is 87.0. The summed E-state index contributed by atoms with van der Waals surface area (Å²) in [7, 11) is 0. The number of hydrogen-bond donors (Lipinski definition) is 1. The maximum atomic E-state index is 3.60. The predicted octanol–water partition coefficient (Wildman–Crippen LogP) is 0.222. The van der Waals surface area contributed by atoms with Crippen LogP contribution in [-0.2, 0) is 0 Å². The highest BCUT2D eigenvalue weighted by atomic mass is 15.2. The van der Waals surface area contributed by atoms with Gasteiger partial charge in [-0.3, -0.25) is 0 Å². The summed E-state index contributed by atoms with van der Waals surface area (Å²) in [6.07, 6.45) is 1.53. The molecule has 4 saturated carbocycles. The van der Waals surface area contributed by atoms with Crippen LogP contribution < -0.4 is 5.32 Å². The van der Waals surface area contributed by atoms with E-state index in [1.807, 2.05) is 0 Å². The van der Waals surface area contributed by atoms with E-state index in [1.54, 1.807) is 0 Å². The Hall–Kier alpha value is -0.0400. The molecular formula is C7H9N. The summed E-state index contributed by atoms with van der Waals surface area (Å²) in [5.74, 6) is 4.87. The van der Waals surface area contributed by atoms with Crippen molar-refractivity contribution in [2.45, 2.75) is 18.5 Å². The maximum Gasteiger partial charge on any atom is 0.0119 e. The van der Waals surface area contributed by atoms with Crippen molar-refractivity contribution in [2.24, 2.45) is 23.7 Å². The lowest BCUT2D eigenvalue weighted by Gasteiger charge is -2.48. The van der Waals surface area contributed by atoms with E-state index in [4.69, 9.17) is 0 Å². The van der Waals surface area contributed by atoms with Gasteiger partial charge >= 0.3 is 0 Å². The molecule has 1 N–H and O–H groups in total. The molecule has 0 amide bonds. The monoisotopic (exact) mass is 107 g/mol. The van der Waals surface area contributed by atoms with Crippen molar-refractivity contribution in [3.8, 4) is 0 Å². The zero-order valence-electron chi connectivity index (χ0n) is 4.67. The minimum atomic E-state index is 1.000. The van der Waals surface area contributed by atoms with Gasteiger partial charge in [0.2, 0.25) is 0 Å². The molecule has 0 aromatic carbocycles. The van der Waals surface area contributed by atoms with Gasteiger partial charge in [-0.1, -0.05) is 0 Å². The second kappa shape index (κ2) is 0.621. The van der Waals surface area contributed by atoms with E-state index in [9.17, 15) is 0 Å². The highest BCUT2D eigenvalue weighted by Crippen LogP contribution is 2.81. The Labute approximate surface area is 48.5 Å². The largest absolute Gasteiger partial charge is 0.311 e. The molecule has 3 saturated heterocycles. The van der Waals surface area contributed by atoms with Crippen LogP contribution in [0.2, 0.25) is 0 Å². The second-order valence-corrected chi connectivity index (χ2v) is 3.92. The van der Waals surface area contributed by atoms with Gasteiger partial charge in [0, 0.05) is 12.1 Å². The van der Waals surface area contributed by atoms with Gasteiger partial charge < -0.3 is 5.32 Å². The predicted molar refractivity (Wildman–Crippen MR) is 29.3 cm³/mol. The topological polar surface area (TPSA) is 12.0 Å². The molecule has 42 valence electrons. The first-order valence-electron chi connectivity index (χ1n) is 3.73. The SMILES string of the molecule is C1C2NC1C1C3C2C13. The summed E-state index contributed by atoms with van der Waals surface area (Å²) < 4.78 is 0. The van der Waals surface area contributed by atoms with Crippen molar-refractivity contribution in [1.29, 1.82) is 0 Å². The molecule has 7 aliphatic rings. The summed E-state index contributed by atoms with van der Waals surface area (Å²) in [6, 6.07) is 2.00. The Morgan fingerprint density at radius 2 is 1.38 bits per heavy atom. The van der Waals surface area contributed by atoms with Gasteiger partial charge in [0.25, 0.3) is 0 Å². The van der Waals surface area contributed by atoms with E-state index in [0.29, 0.717) is 0 Å². The molecule has 2 atom stereocenters. The molecule has 0 aromatic heterocycles. The van der Waals surface area contributed by atoms with Gasteiger partial charge in [0.1, 0.15) is 0 Å². The van der Waals surface area contributed by atoms with Crippen LogP contribution in [0, 0.1) is 23.7 Å². The van der Waals surface area contributed by atoms with Gasteiger partial charge in [-0.25, -0.2) is 0 Å². The molecule has 8 heavy (non-hydrogen) atoms. The molecule has 1 nitrogen and oxygen atoms in total. The Morgan fingerprint density at radius 3 is 1.62 bits per heavy atom. The lowest BCUT2D eigenvalue weighted by atomic mass is 9.73. The van der Waals surface area contributed by atoms with E-state index in [0.717, 1.165) is 12.1 Å². The molecule has 3 heterocycles. The van der Waals surface area contributed by atoms with Crippen molar-refractivity contribution >= 4 is 0 Å². The van der Waals surface area contributed by atoms with E-state index < -0.39 is 0 Å². The van der Waals surface area contributed by atoms with Gasteiger partial charge in [-0.15, -0.1) is 0 Å². The lowest BCUT2D eigenvalue weighted by Crippen LogP contribution is -2.63. The Bertz CT molecular complexity index is 145. The van der Waals surface area contributed by atoms with E-state index in [2.05, 4.69) is 5.32 Å². The Morgan fingerprint density at radius 1 is 0.875 bits per heavy atom. The van der Waals surface area contributed by atoms with E-state index in [1.165, 1.54) is 30.1 Å². The van der Waals surface area contributed by atoms with Crippen LogP contribution in [0.1, 0.15) is 6.42 Å². The van der Waals surface area contributed by atoms with Crippen molar-refractivity contribution in [3.05, 3.63) is 0 Å². The number of piperidine rings is 2. The summed E-state index contributed by atoms with van der Waals surface area (Å²) in [6.45, 7) is 0. The molecule has 1 heteroatoms. The van der Waals surface area contributed by atoms with Gasteiger partial charge in [-0.05, 0) is 30.1 Å². The first kappa shape index (κ1) is 3.21. The first-order valence-corrected chi connectivity index (χ1v) is 3.73. The van der Waals surface area contributed by atoms with Crippen LogP contribution in [0.15, 0.2) is 0 Å². The molecule has 4 aliphatic carbocycles. The highest BCUT2D eigenvalue weighted by molar-refractivity contribution is 5.34. The Balaban J connectivity index is 1.92. The summed E-state index contributed by atoms with van der Waals surface area (Å²) >= 11 is 0. The summed E-state index contributed by atoms with van der Waals surface area (Å²) in [4.78, 5) is 0. The fraction of sp³-hybridized carbons (Fsp3) is 1.00. The minimum absolute atomic E-state index is 1.000. The maximum absolute atomic E-state index is 3.60. The van der Waals surface area contributed by atoms with Crippen LogP contribution in [0.4, 0.5) is 0 Å². The molecule has 2 unspecified atom stereocenters. The molecule has 0 aromatic rings. The van der Waals surface area contributed by atoms with Crippen molar-refractivity contribution < 1.29 is 0 Å². The van der Waals surface area contributed by atoms with Crippen LogP contribution in [0.5, 0.6) is 0 Å². The van der Waals surface area contributed by atoms with Crippen LogP contribution in [-0.4, -0.2) is 12.1 Å². The van der Waals surface area contributed by atoms with Crippen molar-refractivity contribution in [2.75, 3.05) is 0 Å². The van der Waals surface area contributed by atoms with Crippen LogP contribution >= 0.6 is 0 Å². The average molecular weight is 107 g/mol. The van der Waals surface area contributed by atoms with Crippen molar-refractivity contribution in [3.63, 3.8) is 0 Å². The average Bonchev–Trinajstić information content (AvgIpc) is 2.45. The van der Waals surface area contributed by atoms with E-state index in [-0.39, 0.29) is 0 Å². The third kappa shape index (κ3) is 0.144. The smallest absolute Gasteiger partial charge is 0.0119 e. The van der Waals surface area contributed by atoms with Gasteiger partial charge in [0.05, 0.1) is 0 Å². The Kier molecular flexibility index (Phi) is 0.249. The number of nitrogens with one attached hydrogen (secondary N) is 1. The lowest BCUT2D eigenvalue weighted by molar-refractivity contribution is 0.0843. The van der Waals surface area contributed by atoms with Gasteiger partial charge in [0.15, 0.2) is 0 Å². The number of rotatable bonds is 0. The summed E-state index contributed by atoms with van der Waals surface area (Å²) in [5.41, 5.74) is 0. The quantitative estimate of drug-likeness (QED) is 0.467. The zero-order chi connectivity index (χ0) is 4.88. The van der Waals surface area contributed by atoms with Crippen molar-refractivity contribution in [1.82, 2.24) is 5.32 Å². The molecule has 7 rings (SSSR count). The molecule has 0 radical (unpaired) electrons. The summed E-state index contributed by atoms with van der Waals surface area (Å²) in [5, 5.41) is 3.60. The molecule has 4 bridgehead atoms. The minimum Gasteiger partial charge on any atom is -0.311 e. The van der Waals surface area contributed by atoms with Gasteiger partial charge in [-0.2, -0.15) is 0 Å². The third-order valence-corrected chi connectivity index (χ3v) is 3.81. The molecular weight excluding hydrogens is 98.1 g/mol. The van der Waals surface area contributed by atoms with Crippen LogP contribution in [0.3, 0.4) is 0 Å². The molecule has 0 spiro atoms. The molecule has 7 fully saturated rings. The fourth-order valence-electron chi connectivity index (χ4n) is 3.27. The van der Waals surface area contributed by atoms with Crippen LogP contribution in [0.25, 0.3) is 0 Å². The highest BCUT2D eigenvalue weighted by Gasteiger charge is 2.83. The fourth-order valence-corrected chi connectivity index (χ4v) is 3.27.